The molecule has 5 heteroatoms. The summed E-state index contributed by atoms with van der Waals surface area (Å²) in [4.78, 5) is 16.5. The topological polar surface area (TPSA) is 64.7 Å². The van der Waals surface area contributed by atoms with Gasteiger partial charge in [-0.05, 0) is 30.7 Å². The van der Waals surface area contributed by atoms with E-state index in [2.05, 4.69) is 5.16 Å². The van der Waals surface area contributed by atoms with E-state index in [9.17, 15) is 4.79 Å². The molecule has 4 nitrogen and oxygen atoms in total. The Morgan fingerprint density at radius 1 is 1.24 bits per heavy atom. The van der Waals surface area contributed by atoms with E-state index in [4.69, 9.17) is 22.2 Å². The number of nitrogens with two attached hydrogens (primary N) is 1. The molecule has 0 radical (unpaired) electrons. The highest BCUT2D eigenvalue weighted by atomic mass is 35.5. The summed E-state index contributed by atoms with van der Waals surface area (Å²) in [5, 5.41) is 4.29. The minimum absolute atomic E-state index is 0.113. The van der Waals surface area contributed by atoms with Crippen LogP contribution in [0.4, 0.5) is 0 Å². The molecule has 2 rings (SSSR count). The SMILES string of the molecule is Cc1cccc(/C(N)=N/OC(=O)Cc2ccc(Cl)cc2)c1. The molecule has 0 saturated heterocycles. The smallest absolute Gasteiger partial charge is 0.339 e. The fraction of sp³-hybridized carbons (Fsp3) is 0.125. The summed E-state index contributed by atoms with van der Waals surface area (Å²) >= 11 is 5.78. The number of hydrogen-bond acceptors (Lipinski definition) is 3. The Hall–Kier alpha value is -2.33. The predicted octanol–water partition coefficient (Wildman–Crippen LogP) is 3.05. The molecule has 2 aromatic rings. The van der Waals surface area contributed by atoms with Crippen LogP contribution in [-0.2, 0) is 16.1 Å². The van der Waals surface area contributed by atoms with Crippen molar-refractivity contribution in [1.82, 2.24) is 0 Å². The average molecular weight is 303 g/mol. The molecule has 0 atom stereocenters. The third-order valence-corrected chi connectivity index (χ3v) is 3.07. The Labute approximate surface area is 128 Å². The van der Waals surface area contributed by atoms with E-state index >= 15 is 0 Å². The second-order valence-electron chi connectivity index (χ2n) is 4.61. The number of carbonyl (C=O) groups excluding carboxylic acids is 1. The zero-order valence-electron chi connectivity index (χ0n) is 11.5. The van der Waals surface area contributed by atoms with Crippen molar-refractivity contribution in [3.8, 4) is 0 Å². The average Bonchev–Trinajstić information content (AvgIpc) is 2.47. The molecule has 0 heterocycles. The summed E-state index contributed by atoms with van der Waals surface area (Å²) in [6, 6.07) is 14.4. The summed E-state index contributed by atoms with van der Waals surface area (Å²) in [7, 11) is 0. The van der Waals surface area contributed by atoms with Gasteiger partial charge in [-0.2, -0.15) is 0 Å². The van der Waals surface area contributed by atoms with E-state index in [0.717, 1.165) is 11.1 Å². The van der Waals surface area contributed by atoms with Crippen LogP contribution in [0.2, 0.25) is 5.02 Å². The second-order valence-corrected chi connectivity index (χ2v) is 5.05. The monoisotopic (exact) mass is 302 g/mol. The van der Waals surface area contributed by atoms with Crippen LogP contribution in [0, 0.1) is 6.92 Å². The minimum Gasteiger partial charge on any atom is -0.380 e. The fourth-order valence-corrected chi connectivity index (χ4v) is 1.88. The maximum atomic E-state index is 11.7. The van der Waals surface area contributed by atoms with Crippen LogP contribution in [0.3, 0.4) is 0 Å². The zero-order chi connectivity index (χ0) is 15.2. The molecule has 0 aliphatic heterocycles. The highest BCUT2D eigenvalue weighted by Gasteiger charge is 2.06. The van der Waals surface area contributed by atoms with E-state index in [1.54, 1.807) is 30.3 Å². The van der Waals surface area contributed by atoms with Crippen LogP contribution < -0.4 is 5.73 Å². The van der Waals surface area contributed by atoms with Crippen molar-refractivity contribution < 1.29 is 9.63 Å². The van der Waals surface area contributed by atoms with Gasteiger partial charge in [0.25, 0.3) is 0 Å². The zero-order valence-corrected chi connectivity index (χ0v) is 12.3. The van der Waals surface area contributed by atoms with Crippen molar-refractivity contribution in [1.29, 1.82) is 0 Å². The first-order chi connectivity index (χ1) is 10.0. The number of nitrogens with zero attached hydrogens (tertiary/aromatic N) is 1. The summed E-state index contributed by atoms with van der Waals surface area (Å²) in [5.41, 5.74) is 8.35. The molecule has 0 aromatic heterocycles. The number of oxime groups is 1. The third-order valence-electron chi connectivity index (χ3n) is 2.82. The van der Waals surface area contributed by atoms with Crippen molar-refractivity contribution in [3.63, 3.8) is 0 Å². The minimum atomic E-state index is -0.479. The van der Waals surface area contributed by atoms with Crippen LogP contribution in [0.1, 0.15) is 16.7 Å². The van der Waals surface area contributed by atoms with E-state index < -0.39 is 5.97 Å². The highest BCUT2D eigenvalue weighted by molar-refractivity contribution is 6.30. The Bertz CT molecular complexity index is 666. The first-order valence-corrected chi connectivity index (χ1v) is 6.77. The van der Waals surface area contributed by atoms with E-state index in [0.29, 0.717) is 10.6 Å². The number of halogens is 1. The molecule has 0 aliphatic carbocycles. The Balaban J connectivity index is 1.96. The van der Waals surface area contributed by atoms with Gasteiger partial charge < -0.3 is 10.6 Å². The molecule has 0 bridgehead atoms. The number of carbonyl (C=O) groups is 1. The van der Waals surface area contributed by atoms with Crippen LogP contribution in [0.25, 0.3) is 0 Å². The van der Waals surface area contributed by atoms with Gasteiger partial charge in [-0.1, -0.05) is 52.7 Å². The molecule has 0 spiro atoms. The van der Waals surface area contributed by atoms with Gasteiger partial charge in [0.05, 0.1) is 6.42 Å². The summed E-state index contributed by atoms with van der Waals surface area (Å²) < 4.78 is 0. The summed E-state index contributed by atoms with van der Waals surface area (Å²) in [5.74, 6) is -0.309. The van der Waals surface area contributed by atoms with Gasteiger partial charge in [0.15, 0.2) is 5.84 Å². The summed E-state index contributed by atoms with van der Waals surface area (Å²) in [6.07, 6.45) is 0.113. The van der Waals surface area contributed by atoms with Crippen molar-refractivity contribution in [3.05, 3.63) is 70.2 Å². The molecule has 108 valence electrons. The number of aryl methyl sites for hydroxylation is 1. The largest absolute Gasteiger partial charge is 0.380 e. The molecular formula is C16H15ClN2O2. The van der Waals surface area contributed by atoms with Gasteiger partial charge in [0, 0.05) is 10.6 Å². The molecule has 0 saturated carbocycles. The first-order valence-electron chi connectivity index (χ1n) is 6.39. The van der Waals surface area contributed by atoms with Gasteiger partial charge in [-0.15, -0.1) is 0 Å². The van der Waals surface area contributed by atoms with Gasteiger partial charge >= 0.3 is 5.97 Å². The Morgan fingerprint density at radius 3 is 2.62 bits per heavy atom. The lowest BCUT2D eigenvalue weighted by Gasteiger charge is -2.02. The lowest BCUT2D eigenvalue weighted by molar-refractivity contribution is -0.142. The van der Waals surface area contributed by atoms with E-state index in [-0.39, 0.29) is 12.3 Å². The van der Waals surface area contributed by atoms with E-state index in [1.165, 1.54) is 0 Å². The second kappa shape index (κ2) is 6.90. The van der Waals surface area contributed by atoms with Gasteiger partial charge in [0.1, 0.15) is 0 Å². The normalized spacial score (nSPS) is 11.2. The van der Waals surface area contributed by atoms with Gasteiger partial charge in [-0.25, -0.2) is 4.79 Å². The van der Waals surface area contributed by atoms with Crippen molar-refractivity contribution >= 4 is 23.4 Å². The van der Waals surface area contributed by atoms with Crippen LogP contribution in [0.15, 0.2) is 53.7 Å². The van der Waals surface area contributed by atoms with Crippen molar-refractivity contribution in [2.24, 2.45) is 10.9 Å². The van der Waals surface area contributed by atoms with Gasteiger partial charge in [0.2, 0.25) is 0 Å². The van der Waals surface area contributed by atoms with E-state index in [1.807, 2.05) is 25.1 Å². The molecule has 2 N–H and O–H groups in total. The van der Waals surface area contributed by atoms with Crippen LogP contribution in [0.5, 0.6) is 0 Å². The number of amidine groups is 1. The molecule has 0 aliphatic rings. The standard InChI is InChI=1S/C16H15ClN2O2/c1-11-3-2-4-13(9-11)16(18)19-21-15(20)10-12-5-7-14(17)8-6-12/h2-9H,10H2,1H3,(H2,18,19). The molecule has 0 amide bonds. The molecule has 2 aromatic carbocycles. The number of benzene rings is 2. The number of hydrogen-bond donors (Lipinski definition) is 1. The molecule has 0 fully saturated rings. The molecule has 21 heavy (non-hydrogen) atoms. The summed E-state index contributed by atoms with van der Waals surface area (Å²) in [6.45, 7) is 1.95. The number of rotatable bonds is 4. The lowest BCUT2D eigenvalue weighted by atomic mass is 10.1. The Kier molecular flexibility index (Phi) is 4.95. The molecular weight excluding hydrogens is 288 g/mol. The van der Waals surface area contributed by atoms with Gasteiger partial charge in [-0.3, -0.25) is 0 Å². The quantitative estimate of drug-likeness (QED) is 0.408. The van der Waals surface area contributed by atoms with Crippen molar-refractivity contribution in [2.45, 2.75) is 13.3 Å². The fourth-order valence-electron chi connectivity index (χ4n) is 1.76. The maximum absolute atomic E-state index is 11.7. The van der Waals surface area contributed by atoms with Crippen molar-refractivity contribution in [2.75, 3.05) is 0 Å². The predicted molar refractivity (Wildman–Crippen MR) is 83.2 cm³/mol. The lowest BCUT2D eigenvalue weighted by Crippen LogP contribution is -2.16. The highest BCUT2D eigenvalue weighted by Crippen LogP contribution is 2.10. The third kappa shape index (κ3) is 4.61. The van der Waals surface area contributed by atoms with Crippen LogP contribution in [-0.4, -0.2) is 11.8 Å². The first kappa shape index (κ1) is 15.1. The Morgan fingerprint density at radius 2 is 1.95 bits per heavy atom. The maximum Gasteiger partial charge on any atom is 0.339 e. The van der Waals surface area contributed by atoms with Crippen LogP contribution >= 0.6 is 11.6 Å². The molecule has 0 unspecified atom stereocenters.